The summed E-state index contributed by atoms with van der Waals surface area (Å²) in [5, 5.41) is 11.8. The first-order valence-electron chi connectivity index (χ1n) is 6.76. The van der Waals surface area contributed by atoms with Gasteiger partial charge in [0, 0.05) is 11.8 Å². The molecule has 4 heteroatoms. The maximum atomic E-state index is 8.96. The van der Waals surface area contributed by atoms with Crippen LogP contribution in [0.3, 0.4) is 0 Å². The van der Waals surface area contributed by atoms with Crippen molar-refractivity contribution < 1.29 is 9.84 Å². The normalized spacial score (nSPS) is 11.6. The SMILES string of the molecule is CC(C)(C)c1ccc(OCCc2nc(CO)cs2)cc1. The molecule has 1 aromatic heterocycles. The second-order valence-electron chi connectivity index (χ2n) is 5.76. The molecule has 1 N–H and O–H groups in total. The van der Waals surface area contributed by atoms with Gasteiger partial charge < -0.3 is 9.84 Å². The number of hydrogen-bond acceptors (Lipinski definition) is 4. The molecule has 0 aliphatic carbocycles. The van der Waals surface area contributed by atoms with Gasteiger partial charge >= 0.3 is 0 Å². The van der Waals surface area contributed by atoms with Gasteiger partial charge in [0.1, 0.15) is 5.75 Å². The summed E-state index contributed by atoms with van der Waals surface area (Å²) in [5.74, 6) is 0.886. The minimum absolute atomic E-state index is 0.00558. The van der Waals surface area contributed by atoms with Crippen LogP contribution in [0.25, 0.3) is 0 Å². The number of ether oxygens (including phenoxy) is 1. The summed E-state index contributed by atoms with van der Waals surface area (Å²) in [6, 6.07) is 8.26. The van der Waals surface area contributed by atoms with Gasteiger partial charge in [-0.05, 0) is 23.1 Å². The smallest absolute Gasteiger partial charge is 0.119 e. The standard InChI is InChI=1S/C16H21NO2S/c1-16(2,3)12-4-6-14(7-5-12)19-9-8-15-17-13(10-18)11-20-15/h4-7,11,18H,8-10H2,1-3H3. The zero-order valence-corrected chi connectivity index (χ0v) is 13.0. The lowest BCUT2D eigenvalue weighted by molar-refractivity contribution is 0.277. The molecule has 0 atom stereocenters. The van der Waals surface area contributed by atoms with Crippen molar-refractivity contribution in [1.82, 2.24) is 4.98 Å². The monoisotopic (exact) mass is 291 g/mol. The molecule has 3 nitrogen and oxygen atoms in total. The maximum absolute atomic E-state index is 8.96. The Balaban J connectivity index is 1.85. The number of hydrogen-bond donors (Lipinski definition) is 1. The summed E-state index contributed by atoms with van der Waals surface area (Å²) in [6.45, 7) is 7.21. The van der Waals surface area contributed by atoms with Gasteiger partial charge in [-0.15, -0.1) is 11.3 Å². The number of nitrogens with zero attached hydrogens (tertiary/aromatic N) is 1. The molecule has 0 amide bonds. The van der Waals surface area contributed by atoms with Gasteiger partial charge in [0.15, 0.2) is 0 Å². The van der Waals surface area contributed by atoms with Crippen LogP contribution in [0.5, 0.6) is 5.75 Å². The van der Waals surface area contributed by atoms with Crippen molar-refractivity contribution in [2.45, 2.75) is 39.2 Å². The van der Waals surface area contributed by atoms with E-state index in [0.717, 1.165) is 22.9 Å². The van der Waals surface area contributed by atoms with Crippen LogP contribution in [-0.4, -0.2) is 16.7 Å². The summed E-state index contributed by atoms with van der Waals surface area (Å²) >= 11 is 1.56. The fraction of sp³-hybridized carbons (Fsp3) is 0.438. The van der Waals surface area contributed by atoms with E-state index in [0.29, 0.717) is 6.61 Å². The Bertz CT molecular complexity index is 540. The van der Waals surface area contributed by atoms with Crippen molar-refractivity contribution >= 4 is 11.3 Å². The number of benzene rings is 1. The molecule has 0 bridgehead atoms. The minimum atomic E-state index is 0.00558. The van der Waals surface area contributed by atoms with Crippen molar-refractivity contribution in [2.24, 2.45) is 0 Å². The molecule has 1 aromatic carbocycles. The van der Waals surface area contributed by atoms with E-state index in [1.54, 1.807) is 11.3 Å². The van der Waals surface area contributed by atoms with Crippen LogP contribution < -0.4 is 4.74 Å². The molecule has 108 valence electrons. The van der Waals surface area contributed by atoms with Gasteiger partial charge in [-0.2, -0.15) is 0 Å². The van der Waals surface area contributed by atoms with E-state index in [9.17, 15) is 0 Å². The quantitative estimate of drug-likeness (QED) is 0.916. The van der Waals surface area contributed by atoms with Crippen LogP contribution in [0, 0.1) is 0 Å². The van der Waals surface area contributed by atoms with Crippen molar-refractivity contribution in [3.8, 4) is 5.75 Å². The Morgan fingerprint density at radius 1 is 1.20 bits per heavy atom. The van der Waals surface area contributed by atoms with Gasteiger partial charge in [0.25, 0.3) is 0 Å². The van der Waals surface area contributed by atoms with Gasteiger partial charge in [-0.25, -0.2) is 4.98 Å². The van der Waals surface area contributed by atoms with Gasteiger partial charge in [0.05, 0.1) is 23.9 Å². The summed E-state index contributed by atoms with van der Waals surface area (Å²) in [5.41, 5.74) is 2.21. The molecular weight excluding hydrogens is 270 g/mol. The maximum Gasteiger partial charge on any atom is 0.119 e. The molecule has 1 heterocycles. The van der Waals surface area contributed by atoms with Gasteiger partial charge in [0.2, 0.25) is 0 Å². The van der Waals surface area contributed by atoms with E-state index in [1.807, 2.05) is 17.5 Å². The van der Waals surface area contributed by atoms with Crippen LogP contribution in [-0.2, 0) is 18.4 Å². The predicted molar refractivity (Wildman–Crippen MR) is 82.4 cm³/mol. The van der Waals surface area contributed by atoms with Crippen molar-refractivity contribution in [1.29, 1.82) is 0 Å². The molecule has 0 radical (unpaired) electrons. The fourth-order valence-electron chi connectivity index (χ4n) is 1.84. The Kier molecular flexibility index (Phi) is 4.78. The first-order valence-corrected chi connectivity index (χ1v) is 7.64. The highest BCUT2D eigenvalue weighted by atomic mass is 32.1. The van der Waals surface area contributed by atoms with E-state index in [2.05, 4.69) is 37.9 Å². The number of aliphatic hydroxyl groups is 1. The Morgan fingerprint density at radius 2 is 1.90 bits per heavy atom. The van der Waals surface area contributed by atoms with Crippen LogP contribution >= 0.6 is 11.3 Å². The fourth-order valence-corrected chi connectivity index (χ4v) is 2.61. The number of thiazole rings is 1. The highest BCUT2D eigenvalue weighted by Gasteiger charge is 2.12. The molecular formula is C16H21NO2S. The van der Waals surface area contributed by atoms with Gasteiger partial charge in [-0.1, -0.05) is 32.9 Å². The van der Waals surface area contributed by atoms with E-state index in [-0.39, 0.29) is 12.0 Å². The van der Waals surface area contributed by atoms with Gasteiger partial charge in [-0.3, -0.25) is 0 Å². The number of rotatable bonds is 5. The first kappa shape index (κ1) is 15.0. The lowest BCUT2D eigenvalue weighted by Gasteiger charge is -2.19. The lowest BCUT2D eigenvalue weighted by atomic mass is 9.87. The van der Waals surface area contributed by atoms with Crippen molar-refractivity contribution in [2.75, 3.05) is 6.61 Å². The van der Waals surface area contributed by atoms with Crippen LogP contribution in [0.15, 0.2) is 29.6 Å². The van der Waals surface area contributed by atoms with Crippen LogP contribution in [0.2, 0.25) is 0 Å². The molecule has 2 rings (SSSR count). The molecule has 2 aromatic rings. The Hall–Kier alpha value is -1.39. The van der Waals surface area contributed by atoms with Crippen LogP contribution in [0.1, 0.15) is 37.0 Å². The van der Waals surface area contributed by atoms with Crippen molar-refractivity contribution in [3.05, 3.63) is 45.9 Å². The molecule has 0 unspecified atom stereocenters. The topological polar surface area (TPSA) is 42.4 Å². The molecule has 0 saturated carbocycles. The molecule has 20 heavy (non-hydrogen) atoms. The zero-order chi connectivity index (χ0) is 14.6. The molecule has 0 spiro atoms. The predicted octanol–water partition coefficient (Wildman–Crippen LogP) is 3.55. The van der Waals surface area contributed by atoms with E-state index < -0.39 is 0 Å². The number of aliphatic hydroxyl groups excluding tert-OH is 1. The van der Waals surface area contributed by atoms with Crippen LogP contribution in [0.4, 0.5) is 0 Å². The molecule has 0 aliphatic heterocycles. The van der Waals surface area contributed by atoms with E-state index >= 15 is 0 Å². The third kappa shape index (κ3) is 4.05. The van der Waals surface area contributed by atoms with Crippen molar-refractivity contribution in [3.63, 3.8) is 0 Å². The zero-order valence-electron chi connectivity index (χ0n) is 12.2. The number of aromatic nitrogens is 1. The summed E-state index contributed by atoms with van der Waals surface area (Å²) in [7, 11) is 0. The Morgan fingerprint density at radius 3 is 2.45 bits per heavy atom. The molecule has 0 fully saturated rings. The summed E-state index contributed by atoms with van der Waals surface area (Å²) < 4.78 is 5.72. The largest absolute Gasteiger partial charge is 0.493 e. The second-order valence-corrected chi connectivity index (χ2v) is 6.71. The van der Waals surface area contributed by atoms with E-state index in [4.69, 9.17) is 9.84 Å². The highest BCUT2D eigenvalue weighted by Crippen LogP contribution is 2.24. The summed E-state index contributed by atoms with van der Waals surface area (Å²) in [6.07, 6.45) is 0.770. The first-order chi connectivity index (χ1) is 9.49. The second kappa shape index (κ2) is 6.37. The molecule has 0 saturated heterocycles. The molecule has 0 aliphatic rings. The average molecular weight is 291 g/mol. The minimum Gasteiger partial charge on any atom is -0.493 e. The third-order valence-electron chi connectivity index (χ3n) is 3.07. The highest BCUT2D eigenvalue weighted by molar-refractivity contribution is 7.09. The Labute approximate surface area is 124 Å². The summed E-state index contributed by atoms with van der Waals surface area (Å²) in [4.78, 5) is 4.29. The third-order valence-corrected chi connectivity index (χ3v) is 4.02. The average Bonchev–Trinajstić information content (AvgIpc) is 2.86. The lowest BCUT2D eigenvalue weighted by Crippen LogP contribution is -2.10. The van der Waals surface area contributed by atoms with E-state index in [1.165, 1.54) is 5.56 Å².